The number of carbonyl (C=O) groups is 3. The maximum Gasteiger partial charge on any atom is 0.255 e. The van der Waals surface area contributed by atoms with Gasteiger partial charge in [-0.05, 0) is 50.9 Å². The molecule has 0 radical (unpaired) electrons. The molecule has 2 aromatic heterocycles. The van der Waals surface area contributed by atoms with Gasteiger partial charge in [0.05, 0.1) is 23.4 Å². The van der Waals surface area contributed by atoms with Gasteiger partial charge < -0.3 is 20.5 Å². The zero-order chi connectivity index (χ0) is 22.8. The second kappa shape index (κ2) is 9.49. The van der Waals surface area contributed by atoms with Gasteiger partial charge in [-0.1, -0.05) is 0 Å². The Labute approximate surface area is 193 Å². The van der Waals surface area contributed by atoms with Gasteiger partial charge >= 0.3 is 0 Å². The molecule has 3 N–H and O–H groups in total. The van der Waals surface area contributed by atoms with E-state index in [2.05, 4.69) is 25.6 Å². The topological polar surface area (TPSA) is 120 Å². The highest BCUT2D eigenvalue weighted by atomic mass is 16.2. The molecule has 0 unspecified atom stereocenters. The van der Waals surface area contributed by atoms with Crippen LogP contribution in [0.3, 0.4) is 0 Å². The molecule has 1 atom stereocenters. The summed E-state index contributed by atoms with van der Waals surface area (Å²) in [7, 11) is 0. The van der Waals surface area contributed by atoms with E-state index < -0.39 is 0 Å². The number of piperidine rings is 1. The Balaban J connectivity index is 1.14. The lowest BCUT2D eigenvalue weighted by Gasteiger charge is -2.26. The lowest BCUT2D eigenvalue weighted by atomic mass is 10.0. The first-order valence-electron chi connectivity index (χ1n) is 12.3. The molecule has 9 nitrogen and oxygen atoms in total. The summed E-state index contributed by atoms with van der Waals surface area (Å²) in [4.78, 5) is 52.0. The van der Waals surface area contributed by atoms with Gasteiger partial charge in [-0.3, -0.25) is 14.4 Å². The van der Waals surface area contributed by atoms with Crippen LogP contribution in [0.15, 0.2) is 12.4 Å². The van der Waals surface area contributed by atoms with E-state index in [1.54, 1.807) is 12.4 Å². The lowest BCUT2D eigenvalue weighted by molar-refractivity contribution is -0.132. The summed E-state index contributed by atoms with van der Waals surface area (Å²) >= 11 is 0. The number of fused-ring (bicyclic) bond motifs is 1. The number of nitrogens with one attached hydrogen (secondary N) is 3. The molecule has 3 aliphatic rings. The van der Waals surface area contributed by atoms with Crippen molar-refractivity contribution in [1.29, 1.82) is 0 Å². The fourth-order valence-corrected chi connectivity index (χ4v) is 4.65. The Bertz CT molecular complexity index is 1040. The number of carbonyl (C=O) groups excluding carboxylic acids is 3. The number of likely N-dealkylation sites (tertiary alicyclic amines) is 1. The molecule has 0 aromatic carbocycles. The smallest absolute Gasteiger partial charge is 0.255 e. The van der Waals surface area contributed by atoms with Gasteiger partial charge in [0, 0.05) is 44.7 Å². The van der Waals surface area contributed by atoms with Gasteiger partial charge in [-0.25, -0.2) is 9.97 Å². The van der Waals surface area contributed by atoms with Crippen molar-refractivity contribution in [1.82, 2.24) is 30.5 Å². The zero-order valence-electron chi connectivity index (χ0n) is 18.9. The third-order valence-electron chi connectivity index (χ3n) is 7.00. The molecule has 3 fully saturated rings. The number of nitrogens with zero attached hydrogens (tertiary/aromatic N) is 3. The SMILES string of the molecule is O=C(NC[C@@H](C(=O)NCCC(=O)N1CCCCC1)C1CC1)c1c[nH]c2ncc(C3CC3)nc12. The Morgan fingerprint density at radius 3 is 2.61 bits per heavy atom. The van der Waals surface area contributed by atoms with Crippen LogP contribution in [0.5, 0.6) is 0 Å². The van der Waals surface area contributed by atoms with Gasteiger partial charge in [0.1, 0.15) is 5.52 Å². The predicted octanol–water partition coefficient (Wildman–Crippen LogP) is 2.11. The van der Waals surface area contributed by atoms with Crippen LogP contribution in [-0.4, -0.2) is 63.8 Å². The standard InChI is InChI=1S/C24H32N6O3/c31-20(30-10-2-1-3-11-30)8-9-25-23(32)17(15-4-5-15)12-28-24(33)18-13-26-22-21(18)29-19(14-27-22)16-6-7-16/h13-17H,1-12H2,(H,25,32)(H,26,27)(H,28,33)/t17-/m1/s1. The molecule has 2 saturated carbocycles. The number of aromatic amines is 1. The summed E-state index contributed by atoms with van der Waals surface area (Å²) in [6.07, 6.45) is 11.3. The van der Waals surface area contributed by atoms with E-state index in [0.717, 1.165) is 57.3 Å². The van der Waals surface area contributed by atoms with Crippen LogP contribution >= 0.6 is 0 Å². The second-order valence-electron chi connectivity index (χ2n) is 9.61. The van der Waals surface area contributed by atoms with E-state index in [-0.39, 0.29) is 36.1 Å². The van der Waals surface area contributed by atoms with Crippen molar-refractivity contribution < 1.29 is 14.4 Å². The van der Waals surface area contributed by atoms with E-state index in [0.29, 0.717) is 35.6 Å². The number of hydrogen-bond acceptors (Lipinski definition) is 5. The van der Waals surface area contributed by atoms with Crippen LogP contribution in [0.25, 0.3) is 11.2 Å². The lowest BCUT2D eigenvalue weighted by Crippen LogP contribution is -2.42. The highest BCUT2D eigenvalue weighted by molar-refractivity contribution is 6.04. The molecule has 33 heavy (non-hydrogen) atoms. The van der Waals surface area contributed by atoms with Crippen molar-refractivity contribution in [3.8, 4) is 0 Å². The summed E-state index contributed by atoms with van der Waals surface area (Å²) in [6, 6.07) is 0. The molecule has 9 heteroatoms. The van der Waals surface area contributed by atoms with Crippen molar-refractivity contribution in [2.75, 3.05) is 26.2 Å². The maximum atomic E-state index is 12.9. The molecule has 1 aliphatic heterocycles. The molecule has 3 heterocycles. The van der Waals surface area contributed by atoms with Gasteiger partial charge in [-0.2, -0.15) is 0 Å². The van der Waals surface area contributed by atoms with E-state index in [1.165, 1.54) is 6.42 Å². The molecule has 1 saturated heterocycles. The Kier molecular flexibility index (Phi) is 6.28. The first kappa shape index (κ1) is 21.9. The first-order valence-corrected chi connectivity index (χ1v) is 12.3. The van der Waals surface area contributed by atoms with Crippen LogP contribution in [0.1, 0.15) is 73.3 Å². The molecule has 0 spiro atoms. The average Bonchev–Trinajstić information content (AvgIpc) is 3.77. The summed E-state index contributed by atoms with van der Waals surface area (Å²) in [5, 5.41) is 5.85. The van der Waals surface area contributed by atoms with Crippen LogP contribution in [0.4, 0.5) is 0 Å². The number of rotatable bonds is 9. The quantitative estimate of drug-likeness (QED) is 0.538. The second-order valence-corrected chi connectivity index (χ2v) is 9.61. The van der Waals surface area contributed by atoms with Gasteiger partial charge in [0.15, 0.2) is 5.65 Å². The van der Waals surface area contributed by atoms with Gasteiger partial charge in [0.2, 0.25) is 11.8 Å². The number of hydrogen-bond donors (Lipinski definition) is 3. The summed E-state index contributed by atoms with van der Waals surface area (Å²) < 4.78 is 0. The van der Waals surface area contributed by atoms with Gasteiger partial charge in [0.25, 0.3) is 5.91 Å². The molecule has 2 aliphatic carbocycles. The molecular weight excluding hydrogens is 420 g/mol. The van der Waals surface area contributed by atoms with Gasteiger partial charge in [-0.15, -0.1) is 0 Å². The molecular formula is C24H32N6O3. The normalized spacial score (nSPS) is 19.3. The molecule has 5 rings (SSSR count). The largest absolute Gasteiger partial charge is 0.355 e. The van der Waals surface area contributed by atoms with E-state index in [4.69, 9.17) is 0 Å². The maximum absolute atomic E-state index is 12.9. The fraction of sp³-hybridized carbons (Fsp3) is 0.625. The van der Waals surface area contributed by atoms with Crippen LogP contribution in [-0.2, 0) is 9.59 Å². The molecule has 2 aromatic rings. The first-order chi connectivity index (χ1) is 16.1. The van der Waals surface area contributed by atoms with Crippen LogP contribution in [0, 0.1) is 11.8 Å². The number of amides is 3. The third kappa shape index (κ3) is 5.17. The van der Waals surface area contributed by atoms with Crippen molar-refractivity contribution in [3.63, 3.8) is 0 Å². The van der Waals surface area contributed by atoms with Crippen LogP contribution < -0.4 is 10.6 Å². The van der Waals surface area contributed by atoms with Crippen LogP contribution in [0.2, 0.25) is 0 Å². The molecule has 176 valence electrons. The predicted molar refractivity (Wildman–Crippen MR) is 122 cm³/mol. The Morgan fingerprint density at radius 2 is 1.88 bits per heavy atom. The molecule has 0 bridgehead atoms. The van der Waals surface area contributed by atoms with Crippen molar-refractivity contribution in [3.05, 3.63) is 23.7 Å². The average molecular weight is 453 g/mol. The van der Waals surface area contributed by atoms with E-state index >= 15 is 0 Å². The fourth-order valence-electron chi connectivity index (χ4n) is 4.65. The highest BCUT2D eigenvalue weighted by Gasteiger charge is 2.36. The van der Waals surface area contributed by atoms with Crippen molar-refractivity contribution >= 4 is 28.9 Å². The highest BCUT2D eigenvalue weighted by Crippen LogP contribution is 2.39. The summed E-state index contributed by atoms with van der Waals surface area (Å²) in [5.74, 6) is 0.237. The minimum atomic E-state index is -0.280. The monoisotopic (exact) mass is 452 g/mol. The molecule has 3 amide bonds. The van der Waals surface area contributed by atoms with E-state index in [9.17, 15) is 14.4 Å². The van der Waals surface area contributed by atoms with Crippen molar-refractivity contribution in [2.45, 2.75) is 57.3 Å². The number of H-pyrrole nitrogens is 1. The number of aromatic nitrogens is 3. The van der Waals surface area contributed by atoms with Crippen molar-refractivity contribution in [2.24, 2.45) is 11.8 Å². The third-order valence-corrected chi connectivity index (χ3v) is 7.00. The zero-order valence-corrected chi connectivity index (χ0v) is 18.9. The van der Waals surface area contributed by atoms with E-state index in [1.807, 2.05) is 4.90 Å². The summed E-state index contributed by atoms with van der Waals surface area (Å²) in [6.45, 7) is 2.26. The summed E-state index contributed by atoms with van der Waals surface area (Å²) in [5.41, 5.74) is 2.58. The Morgan fingerprint density at radius 1 is 1.09 bits per heavy atom. The Hall–Kier alpha value is -2.97. The minimum Gasteiger partial charge on any atom is -0.355 e. The minimum absolute atomic E-state index is 0.0843.